The molecule has 3 nitrogen and oxygen atoms in total. The zero-order chi connectivity index (χ0) is 13.9. The van der Waals surface area contributed by atoms with E-state index in [-0.39, 0.29) is 0 Å². The SMILES string of the molecule is CN(C)c1ncccc1NC1CSCc2ccccc21. The van der Waals surface area contributed by atoms with E-state index >= 15 is 0 Å². The van der Waals surface area contributed by atoms with Crippen molar-refractivity contribution < 1.29 is 0 Å². The summed E-state index contributed by atoms with van der Waals surface area (Å²) in [5, 5.41) is 3.66. The van der Waals surface area contributed by atoms with Crippen molar-refractivity contribution in [3.05, 3.63) is 53.7 Å². The van der Waals surface area contributed by atoms with Crippen molar-refractivity contribution >= 4 is 23.3 Å². The average Bonchev–Trinajstić information content (AvgIpc) is 2.48. The topological polar surface area (TPSA) is 28.2 Å². The predicted octanol–water partition coefficient (Wildman–Crippen LogP) is 3.55. The highest BCUT2D eigenvalue weighted by Gasteiger charge is 2.21. The Morgan fingerprint density at radius 3 is 2.90 bits per heavy atom. The Bertz CT molecular complexity index is 598. The molecule has 4 heteroatoms. The van der Waals surface area contributed by atoms with E-state index in [1.807, 2.05) is 43.0 Å². The Morgan fingerprint density at radius 2 is 2.05 bits per heavy atom. The van der Waals surface area contributed by atoms with Crippen LogP contribution in [0.3, 0.4) is 0 Å². The lowest BCUT2D eigenvalue weighted by molar-refractivity contribution is 0.867. The molecule has 1 aromatic heterocycles. The van der Waals surface area contributed by atoms with Gasteiger partial charge in [-0.25, -0.2) is 4.98 Å². The van der Waals surface area contributed by atoms with Crippen LogP contribution in [0.1, 0.15) is 17.2 Å². The molecule has 0 bridgehead atoms. The Balaban J connectivity index is 1.90. The summed E-state index contributed by atoms with van der Waals surface area (Å²) in [7, 11) is 4.05. The molecule has 0 saturated heterocycles. The second-order valence-corrected chi connectivity index (χ2v) is 6.21. The van der Waals surface area contributed by atoms with Gasteiger partial charge in [-0.05, 0) is 23.3 Å². The molecule has 1 N–H and O–H groups in total. The average molecular weight is 285 g/mol. The normalized spacial score (nSPS) is 17.4. The predicted molar refractivity (Wildman–Crippen MR) is 87.5 cm³/mol. The second-order valence-electron chi connectivity index (χ2n) is 5.18. The number of nitrogens with zero attached hydrogens (tertiary/aromatic N) is 2. The standard InChI is InChI=1S/C16H19N3S/c1-19(2)16-14(8-5-9-17-16)18-15-11-20-10-12-6-3-4-7-13(12)15/h3-9,15,18H,10-11H2,1-2H3. The molecule has 0 amide bonds. The van der Waals surface area contributed by atoms with Crippen LogP contribution >= 0.6 is 11.8 Å². The summed E-state index contributed by atoms with van der Waals surface area (Å²) in [5.74, 6) is 3.20. The minimum Gasteiger partial charge on any atom is -0.374 e. The third-order valence-electron chi connectivity index (χ3n) is 3.51. The van der Waals surface area contributed by atoms with Gasteiger partial charge in [-0.3, -0.25) is 0 Å². The van der Waals surface area contributed by atoms with E-state index in [1.165, 1.54) is 11.1 Å². The van der Waals surface area contributed by atoms with Gasteiger partial charge < -0.3 is 10.2 Å². The van der Waals surface area contributed by atoms with Crippen LogP contribution in [0.4, 0.5) is 11.5 Å². The molecule has 3 rings (SSSR count). The van der Waals surface area contributed by atoms with Crippen molar-refractivity contribution in [3.63, 3.8) is 0 Å². The fourth-order valence-electron chi connectivity index (χ4n) is 2.56. The van der Waals surface area contributed by atoms with Gasteiger partial charge in [0.25, 0.3) is 0 Å². The van der Waals surface area contributed by atoms with Gasteiger partial charge in [0.15, 0.2) is 5.82 Å². The summed E-state index contributed by atoms with van der Waals surface area (Å²) in [4.78, 5) is 6.50. The first-order chi connectivity index (χ1) is 9.75. The molecule has 0 radical (unpaired) electrons. The van der Waals surface area contributed by atoms with Gasteiger partial charge >= 0.3 is 0 Å². The molecular formula is C16H19N3S. The highest BCUT2D eigenvalue weighted by molar-refractivity contribution is 7.98. The summed E-state index contributed by atoms with van der Waals surface area (Å²) in [6.45, 7) is 0. The van der Waals surface area contributed by atoms with Crippen molar-refractivity contribution in [2.45, 2.75) is 11.8 Å². The largest absolute Gasteiger partial charge is 0.374 e. The van der Waals surface area contributed by atoms with E-state index in [4.69, 9.17) is 0 Å². The second kappa shape index (κ2) is 5.75. The van der Waals surface area contributed by atoms with Crippen LogP contribution in [0.2, 0.25) is 0 Å². The number of anilines is 2. The first-order valence-electron chi connectivity index (χ1n) is 6.80. The van der Waals surface area contributed by atoms with Crippen molar-refractivity contribution in [3.8, 4) is 0 Å². The molecule has 1 atom stereocenters. The lowest BCUT2D eigenvalue weighted by Gasteiger charge is -2.28. The van der Waals surface area contributed by atoms with Gasteiger partial charge in [-0.1, -0.05) is 24.3 Å². The van der Waals surface area contributed by atoms with E-state index in [2.05, 4.69) is 40.6 Å². The molecule has 0 spiro atoms. The quantitative estimate of drug-likeness (QED) is 0.933. The lowest BCUT2D eigenvalue weighted by atomic mass is 10.0. The van der Waals surface area contributed by atoms with E-state index in [0.717, 1.165) is 23.0 Å². The number of benzene rings is 1. The molecule has 104 valence electrons. The summed E-state index contributed by atoms with van der Waals surface area (Å²) >= 11 is 1.98. The Labute approximate surface area is 124 Å². The van der Waals surface area contributed by atoms with E-state index in [0.29, 0.717) is 6.04 Å². The highest BCUT2D eigenvalue weighted by atomic mass is 32.2. The fourth-order valence-corrected chi connectivity index (χ4v) is 3.65. The molecule has 1 aliphatic rings. The molecule has 0 fully saturated rings. The van der Waals surface area contributed by atoms with E-state index < -0.39 is 0 Å². The summed E-state index contributed by atoms with van der Waals surface area (Å²) in [6, 6.07) is 13.1. The van der Waals surface area contributed by atoms with Crippen molar-refractivity contribution in [1.82, 2.24) is 4.98 Å². The van der Waals surface area contributed by atoms with Crippen LogP contribution in [0.15, 0.2) is 42.6 Å². The molecule has 2 aromatic rings. The number of rotatable bonds is 3. The molecule has 1 unspecified atom stereocenters. The first-order valence-corrected chi connectivity index (χ1v) is 7.95. The summed E-state index contributed by atoms with van der Waals surface area (Å²) < 4.78 is 0. The summed E-state index contributed by atoms with van der Waals surface area (Å²) in [6.07, 6.45) is 1.84. The van der Waals surface area contributed by atoms with E-state index in [1.54, 1.807) is 0 Å². The van der Waals surface area contributed by atoms with Gasteiger partial charge in [0, 0.05) is 31.8 Å². The number of nitrogens with one attached hydrogen (secondary N) is 1. The number of aromatic nitrogens is 1. The number of hydrogen-bond acceptors (Lipinski definition) is 4. The van der Waals surface area contributed by atoms with E-state index in [9.17, 15) is 0 Å². The van der Waals surface area contributed by atoms with Gasteiger partial charge in [0.1, 0.15) is 0 Å². The number of hydrogen-bond donors (Lipinski definition) is 1. The Kier molecular flexibility index (Phi) is 3.83. The highest BCUT2D eigenvalue weighted by Crippen LogP contribution is 2.35. The number of fused-ring (bicyclic) bond motifs is 1. The van der Waals surface area contributed by atoms with Gasteiger partial charge in [0.2, 0.25) is 0 Å². The van der Waals surface area contributed by atoms with Crippen LogP contribution in [0.25, 0.3) is 0 Å². The minimum absolute atomic E-state index is 0.354. The zero-order valence-corrected chi connectivity index (χ0v) is 12.7. The molecule has 0 saturated carbocycles. The van der Waals surface area contributed by atoms with Crippen LogP contribution in [0, 0.1) is 0 Å². The van der Waals surface area contributed by atoms with Gasteiger partial charge in [-0.2, -0.15) is 11.8 Å². The number of thioether (sulfide) groups is 1. The maximum Gasteiger partial charge on any atom is 0.151 e. The van der Waals surface area contributed by atoms with Gasteiger partial charge in [-0.15, -0.1) is 0 Å². The monoisotopic (exact) mass is 285 g/mol. The van der Waals surface area contributed by atoms with Gasteiger partial charge in [0.05, 0.1) is 11.7 Å². The minimum atomic E-state index is 0.354. The molecule has 0 aliphatic carbocycles. The Morgan fingerprint density at radius 1 is 1.20 bits per heavy atom. The lowest BCUT2D eigenvalue weighted by Crippen LogP contribution is -2.21. The maximum absolute atomic E-state index is 4.46. The maximum atomic E-state index is 4.46. The van der Waals surface area contributed by atoms with Crippen LogP contribution in [-0.4, -0.2) is 24.8 Å². The Hall–Kier alpha value is -1.68. The molecule has 2 heterocycles. The molecule has 1 aliphatic heterocycles. The molecule has 20 heavy (non-hydrogen) atoms. The van der Waals surface area contributed by atoms with Crippen LogP contribution in [0.5, 0.6) is 0 Å². The summed E-state index contributed by atoms with van der Waals surface area (Å²) in [5.41, 5.74) is 3.95. The molecule has 1 aromatic carbocycles. The third kappa shape index (κ3) is 2.61. The van der Waals surface area contributed by atoms with Crippen molar-refractivity contribution in [2.75, 3.05) is 30.1 Å². The third-order valence-corrected chi connectivity index (χ3v) is 4.60. The number of pyridine rings is 1. The molecular weight excluding hydrogens is 266 g/mol. The zero-order valence-electron chi connectivity index (χ0n) is 11.8. The van der Waals surface area contributed by atoms with Crippen molar-refractivity contribution in [2.24, 2.45) is 0 Å². The van der Waals surface area contributed by atoms with Crippen LogP contribution < -0.4 is 10.2 Å². The fraction of sp³-hybridized carbons (Fsp3) is 0.312. The first kappa shape index (κ1) is 13.3. The van der Waals surface area contributed by atoms with Crippen molar-refractivity contribution in [1.29, 1.82) is 0 Å². The van der Waals surface area contributed by atoms with Crippen LogP contribution in [-0.2, 0) is 5.75 Å². The smallest absolute Gasteiger partial charge is 0.151 e.